The first-order valence-corrected chi connectivity index (χ1v) is 11.1. The van der Waals surface area contributed by atoms with Crippen molar-refractivity contribution < 1.29 is 23.0 Å². The number of hydrogen-bond donors (Lipinski definition) is 1. The molecule has 1 heterocycles. The largest absolute Gasteiger partial charge is 0.497 e. The Morgan fingerprint density at radius 3 is 2.50 bits per heavy atom. The number of aromatic nitrogens is 3. The summed E-state index contributed by atoms with van der Waals surface area (Å²) in [5, 5.41) is 11.4. The summed E-state index contributed by atoms with van der Waals surface area (Å²) in [5.74, 6) is -0.179. The number of anilines is 1. The van der Waals surface area contributed by atoms with Crippen molar-refractivity contribution in [2.75, 3.05) is 25.3 Å². The first-order chi connectivity index (χ1) is 16.5. The molecule has 0 unspecified atom stereocenters. The molecule has 1 aromatic heterocycles. The fourth-order valence-electron chi connectivity index (χ4n) is 3.24. The molecule has 0 saturated heterocycles. The number of methoxy groups -OCH3 is 2. The number of nitrogens with one attached hydrogen (secondary N) is 1. The van der Waals surface area contributed by atoms with E-state index in [1.54, 1.807) is 30.9 Å². The fourth-order valence-corrected chi connectivity index (χ4v) is 3.99. The van der Waals surface area contributed by atoms with Gasteiger partial charge in [-0.1, -0.05) is 23.9 Å². The number of amides is 1. The normalized spacial score (nSPS) is 10.7. The summed E-state index contributed by atoms with van der Waals surface area (Å²) in [6, 6.07) is 17.5. The molecular weight excluding hydrogens is 462 g/mol. The van der Waals surface area contributed by atoms with Crippen LogP contribution < -0.4 is 14.8 Å². The van der Waals surface area contributed by atoms with E-state index in [9.17, 15) is 13.6 Å². The van der Waals surface area contributed by atoms with E-state index >= 15 is 0 Å². The molecule has 0 bridgehead atoms. The highest BCUT2D eigenvalue weighted by Crippen LogP contribution is 2.33. The van der Waals surface area contributed by atoms with Crippen LogP contribution in [0.25, 0.3) is 17.1 Å². The Kier molecular flexibility index (Phi) is 7.07. The molecule has 0 atom stereocenters. The molecular formula is C24H20F2N4O3S. The zero-order chi connectivity index (χ0) is 24.1. The van der Waals surface area contributed by atoms with Crippen LogP contribution in [0, 0.1) is 11.6 Å². The highest BCUT2D eigenvalue weighted by Gasteiger charge is 2.20. The summed E-state index contributed by atoms with van der Waals surface area (Å²) in [6.45, 7) is 0. The van der Waals surface area contributed by atoms with Gasteiger partial charge in [-0.05, 0) is 48.5 Å². The van der Waals surface area contributed by atoms with Gasteiger partial charge in [-0.25, -0.2) is 8.78 Å². The molecule has 4 aromatic rings. The number of nitrogens with zero attached hydrogens (tertiary/aromatic N) is 3. The minimum absolute atomic E-state index is 0.101. The first kappa shape index (κ1) is 23.2. The number of carbonyl (C=O) groups is 1. The average Bonchev–Trinajstić information content (AvgIpc) is 3.28. The summed E-state index contributed by atoms with van der Waals surface area (Å²) in [5.41, 5.74) is 1.23. The van der Waals surface area contributed by atoms with Crippen molar-refractivity contribution in [3.05, 3.63) is 78.4 Å². The SMILES string of the molecule is COc1ccc(-n2c(SCC(=O)Nc3cc(F)ccc3F)nnc2-c2ccccc2OC)cc1. The van der Waals surface area contributed by atoms with Crippen LogP contribution in [0.5, 0.6) is 11.5 Å². The van der Waals surface area contributed by atoms with Crippen LogP contribution in [0.4, 0.5) is 14.5 Å². The van der Waals surface area contributed by atoms with Crippen LogP contribution in [-0.2, 0) is 4.79 Å². The molecule has 174 valence electrons. The summed E-state index contributed by atoms with van der Waals surface area (Å²) in [6.07, 6.45) is 0. The third-order valence-corrected chi connectivity index (χ3v) is 5.78. The molecule has 34 heavy (non-hydrogen) atoms. The maximum Gasteiger partial charge on any atom is 0.234 e. The van der Waals surface area contributed by atoms with Gasteiger partial charge < -0.3 is 14.8 Å². The molecule has 4 rings (SSSR count). The third-order valence-electron chi connectivity index (χ3n) is 4.85. The summed E-state index contributed by atoms with van der Waals surface area (Å²) in [4.78, 5) is 12.4. The van der Waals surface area contributed by atoms with Crippen molar-refractivity contribution >= 4 is 23.4 Å². The fraction of sp³-hybridized carbons (Fsp3) is 0.125. The monoisotopic (exact) mass is 482 g/mol. The molecule has 3 aromatic carbocycles. The quantitative estimate of drug-likeness (QED) is 0.358. The van der Waals surface area contributed by atoms with Gasteiger partial charge in [0.05, 0.1) is 36.9 Å². The second kappa shape index (κ2) is 10.3. The number of rotatable bonds is 8. The van der Waals surface area contributed by atoms with Crippen LogP contribution in [0.1, 0.15) is 0 Å². The lowest BCUT2D eigenvalue weighted by Gasteiger charge is -2.13. The van der Waals surface area contributed by atoms with Crippen molar-refractivity contribution in [1.29, 1.82) is 0 Å². The van der Waals surface area contributed by atoms with E-state index < -0.39 is 17.5 Å². The van der Waals surface area contributed by atoms with Crippen molar-refractivity contribution in [1.82, 2.24) is 14.8 Å². The Hall–Kier alpha value is -3.92. The van der Waals surface area contributed by atoms with Gasteiger partial charge in [-0.15, -0.1) is 10.2 Å². The topological polar surface area (TPSA) is 78.3 Å². The van der Waals surface area contributed by atoms with Gasteiger partial charge in [0.25, 0.3) is 0 Å². The van der Waals surface area contributed by atoms with E-state index in [1.807, 2.05) is 36.4 Å². The summed E-state index contributed by atoms with van der Waals surface area (Å²) >= 11 is 1.11. The first-order valence-electron chi connectivity index (χ1n) is 10.1. The van der Waals surface area contributed by atoms with E-state index in [0.29, 0.717) is 28.0 Å². The average molecular weight is 483 g/mol. The molecule has 1 N–H and O–H groups in total. The van der Waals surface area contributed by atoms with Crippen LogP contribution >= 0.6 is 11.8 Å². The maximum atomic E-state index is 13.9. The maximum absolute atomic E-state index is 13.9. The summed E-state index contributed by atoms with van der Waals surface area (Å²) in [7, 11) is 3.15. The Balaban J connectivity index is 1.65. The Bertz CT molecular complexity index is 1310. The van der Waals surface area contributed by atoms with Gasteiger partial charge in [0.1, 0.15) is 23.1 Å². The highest BCUT2D eigenvalue weighted by atomic mass is 32.2. The van der Waals surface area contributed by atoms with Gasteiger partial charge in [-0.3, -0.25) is 9.36 Å². The molecule has 0 spiro atoms. The van der Waals surface area contributed by atoms with Crippen molar-refractivity contribution in [3.63, 3.8) is 0 Å². The lowest BCUT2D eigenvalue weighted by atomic mass is 10.2. The molecule has 7 nitrogen and oxygen atoms in total. The van der Waals surface area contributed by atoms with E-state index in [-0.39, 0.29) is 11.4 Å². The van der Waals surface area contributed by atoms with Crippen LogP contribution in [0.2, 0.25) is 0 Å². The standard InChI is InChI=1S/C24H20F2N4O3S/c1-32-17-10-8-16(9-11-17)30-23(18-5-3-4-6-21(18)33-2)28-29-24(30)34-14-22(31)27-20-13-15(25)7-12-19(20)26/h3-13H,14H2,1-2H3,(H,27,31). The van der Waals surface area contributed by atoms with Gasteiger partial charge in [0, 0.05) is 6.07 Å². The van der Waals surface area contributed by atoms with Crippen molar-refractivity contribution in [3.8, 4) is 28.6 Å². The number of ether oxygens (including phenoxy) is 2. The molecule has 1 amide bonds. The third kappa shape index (κ3) is 5.01. The lowest BCUT2D eigenvalue weighted by Crippen LogP contribution is -2.15. The number of hydrogen-bond acceptors (Lipinski definition) is 6. The number of benzene rings is 3. The van der Waals surface area contributed by atoms with E-state index in [0.717, 1.165) is 35.6 Å². The number of para-hydroxylation sites is 1. The molecule has 0 saturated carbocycles. The second-order valence-corrected chi connectivity index (χ2v) is 7.94. The van der Waals surface area contributed by atoms with Crippen LogP contribution in [0.15, 0.2) is 71.9 Å². The van der Waals surface area contributed by atoms with E-state index in [1.165, 1.54) is 0 Å². The molecule has 0 fully saturated rings. The zero-order valence-corrected chi connectivity index (χ0v) is 19.1. The van der Waals surface area contributed by atoms with E-state index in [4.69, 9.17) is 9.47 Å². The number of halogens is 2. The Morgan fingerprint density at radius 2 is 1.76 bits per heavy atom. The van der Waals surface area contributed by atoms with Crippen molar-refractivity contribution in [2.24, 2.45) is 0 Å². The van der Waals surface area contributed by atoms with Gasteiger partial charge >= 0.3 is 0 Å². The summed E-state index contributed by atoms with van der Waals surface area (Å²) < 4.78 is 39.8. The predicted molar refractivity (Wildman–Crippen MR) is 126 cm³/mol. The molecule has 10 heteroatoms. The van der Waals surface area contributed by atoms with Gasteiger partial charge in [0.15, 0.2) is 11.0 Å². The smallest absolute Gasteiger partial charge is 0.234 e. The van der Waals surface area contributed by atoms with Crippen LogP contribution in [-0.4, -0.2) is 40.6 Å². The molecule has 0 aliphatic rings. The minimum Gasteiger partial charge on any atom is -0.497 e. The molecule has 0 aliphatic heterocycles. The zero-order valence-electron chi connectivity index (χ0n) is 18.3. The molecule has 0 aliphatic carbocycles. The number of carbonyl (C=O) groups excluding carboxylic acids is 1. The minimum atomic E-state index is -0.723. The Morgan fingerprint density at radius 1 is 1.00 bits per heavy atom. The number of thioether (sulfide) groups is 1. The van der Waals surface area contributed by atoms with Crippen molar-refractivity contribution in [2.45, 2.75) is 5.16 Å². The second-order valence-electron chi connectivity index (χ2n) is 7.00. The van der Waals surface area contributed by atoms with Gasteiger partial charge in [-0.2, -0.15) is 0 Å². The van der Waals surface area contributed by atoms with Gasteiger partial charge in [0.2, 0.25) is 5.91 Å². The lowest BCUT2D eigenvalue weighted by molar-refractivity contribution is -0.113. The molecule has 0 radical (unpaired) electrons. The predicted octanol–water partition coefficient (Wildman–Crippen LogP) is 4.96. The Labute approximate surface area is 198 Å². The van der Waals surface area contributed by atoms with E-state index in [2.05, 4.69) is 15.5 Å². The van der Waals surface area contributed by atoms with Crippen LogP contribution in [0.3, 0.4) is 0 Å². The highest BCUT2D eigenvalue weighted by molar-refractivity contribution is 7.99.